The fourth-order valence-corrected chi connectivity index (χ4v) is 3.09. The predicted molar refractivity (Wildman–Crippen MR) is 82.1 cm³/mol. The van der Waals surface area contributed by atoms with Crippen molar-refractivity contribution in [1.82, 2.24) is 9.80 Å². The molecule has 0 N–H and O–H groups in total. The highest BCUT2D eigenvalue weighted by Gasteiger charge is 2.25. The summed E-state index contributed by atoms with van der Waals surface area (Å²) in [7, 11) is 0. The van der Waals surface area contributed by atoms with Gasteiger partial charge in [0.2, 0.25) is 0 Å². The maximum absolute atomic E-state index is 5.94. The Morgan fingerprint density at radius 2 is 1.55 bits per heavy atom. The lowest BCUT2D eigenvalue weighted by molar-refractivity contribution is -0.0834. The van der Waals surface area contributed by atoms with Crippen LogP contribution in [-0.4, -0.2) is 74.5 Å². The topological polar surface area (TPSA) is 24.9 Å². The maximum Gasteiger partial charge on any atom is 0.0829 e. The van der Waals surface area contributed by atoms with Crippen LogP contribution >= 0.6 is 0 Å². The first-order valence-corrected chi connectivity index (χ1v) is 8.35. The number of rotatable bonds is 8. The largest absolute Gasteiger partial charge is 0.376 e. The van der Waals surface area contributed by atoms with Crippen LogP contribution in [0.25, 0.3) is 0 Å². The monoisotopic (exact) mass is 284 g/mol. The van der Waals surface area contributed by atoms with E-state index in [9.17, 15) is 0 Å². The van der Waals surface area contributed by atoms with Crippen LogP contribution < -0.4 is 0 Å². The smallest absolute Gasteiger partial charge is 0.0829 e. The van der Waals surface area contributed by atoms with Gasteiger partial charge in [0.25, 0.3) is 0 Å². The van der Waals surface area contributed by atoms with Crippen LogP contribution in [-0.2, 0) is 9.47 Å². The van der Waals surface area contributed by atoms with Gasteiger partial charge in [-0.2, -0.15) is 0 Å². The van der Waals surface area contributed by atoms with Gasteiger partial charge < -0.3 is 14.4 Å². The van der Waals surface area contributed by atoms with Gasteiger partial charge in [0.15, 0.2) is 0 Å². The van der Waals surface area contributed by atoms with Crippen LogP contribution in [0, 0.1) is 5.92 Å². The van der Waals surface area contributed by atoms with Crippen LogP contribution in [0.5, 0.6) is 0 Å². The molecule has 2 heterocycles. The minimum atomic E-state index is 0.450. The van der Waals surface area contributed by atoms with Gasteiger partial charge in [-0.1, -0.05) is 20.8 Å². The third kappa shape index (κ3) is 5.32. The molecule has 118 valence electrons. The van der Waals surface area contributed by atoms with Crippen molar-refractivity contribution in [3.63, 3.8) is 0 Å². The first kappa shape index (κ1) is 16.2. The van der Waals surface area contributed by atoms with Gasteiger partial charge in [0.1, 0.15) is 0 Å². The molecule has 2 rings (SSSR count). The highest BCUT2D eigenvalue weighted by Crippen LogP contribution is 2.15. The van der Waals surface area contributed by atoms with Gasteiger partial charge in [-0.15, -0.1) is 0 Å². The number of likely N-dealkylation sites (N-methyl/N-ethyl adjacent to an activating group) is 1. The molecular weight excluding hydrogens is 252 g/mol. The third-order valence-corrected chi connectivity index (χ3v) is 4.32. The molecule has 4 heteroatoms. The van der Waals surface area contributed by atoms with Crippen molar-refractivity contribution < 1.29 is 9.47 Å². The fourth-order valence-electron chi connectivity index (χ4n) is 3.09. The van der Waals surface area contributed by atoms with Crippen molar-refractivity contribution >= 4 is 0 Å². The molecule has 0 saturated carbocycles. The normalized spacial score (nSPS) is 23.4. The zero-order valence-electron chi connectivity index (χ0n) is 13.5. The summed E-state index contributed by atoms with van der Waals surface area (Å²) in [5.41, 5.74) is 0. The summed E-state index contributed by atoms with van der Waals surface area (Å²) >= 11 is 0. The van der Waals surface area contributed by atoms with Gasteiger partial charge in [-0.3, -0.25) is 4.90 Å². The Labute approximate surface area is 124 Å². The molecule has 0 aromatic heterocycles. The number of ether oxygens (including phenoxy) is 2. The van der Waals surface area contributed by atoms with Crippen molar-refractivity contribution in [1.29, 1.82) is 0 Å². The Kier molecular flexibility index (Phi) is 6.75. The Hall–Kier alpha value is -0.160. The van der Waals surface area contributed by atoms with Crippen molar-refractivity contribution in [2.45, 2.75) is 45.8 Å². The van der Waals surface area contributed by atoms with Gasteiger partial charge in [0.05, 0.1) is 25.4 Å². The second kappa shape index (κ2) is 8.32. The highest BCUT2D eigenvalue weighted by molar-refractivity contribution is 4.79. The van der Waals surface area contributed by atoms with Crippen molar-refractivity contribution in [3.05, 3.63) is 0 Å². The molecule has 2 aliphatic rings. The van der Waals surface area contributed by atoms with Gasteiger partial charge >= 0.3 is 0 Å². The second-order valence-electron chi connectivity index (χ2n) is 6.61. The number of hydrogen-bond acceptors (Lipinski definition) is 4. The fraction of sp³-hybridized carbons (Fsp3) is 1.00. The molecule has 0 unspecified atom stereocenters. The summed E-state index contributed by atoms with van der Waals surface area (Å²) in [5, 5.41) is 0. The number of likely N-dealkylation sites (tertiary alicyclic amines) is 2. The number of nitrogens with zero attached hydrogens (tertiary/aromatic N) is 2. The first-order valence-electron chi connectivity index (χ1n) is 8.35. The lowest BCUT2D eigenvalue weighted by Gasteiger charge is -2.38. The lowest BCUT2D eigenvalue weighted by atomic mass is 10.1. The van der Waals surface area contributed by atoms with E-state index < -0.39 is 0 Å². The van der Waals surface area contributed by atoms with Crippen LogP contribution in [0.1, 0.15) is 33.6 Å². The number of hydrogen-bond donors (Lipinski definition) is 0. The van der Waals surface area contributed by atoms with Crippen LogP contribution in [0.2, 0.25) is 0 Å². The molecule has 20 heavy (non-hydrogen) atoms. The summed E-state index contributed by atoms with van der Waals surface area (Å²) in [6, 6.07) is 0. The van der Waals surface area contributed by atoms with E-state index in [1.165, 1.54) is 32.5 Å². The average molecular weight is 284 g/mol. The zero-order chi connectivity index (χ0) is 14.4. The molecule has 0 radical (unpaired) electrons. The molecular formula is C16H32N2O2. The van der Waals surface area contributed by atoms with E-state index in [0.29, 0.717) is 12.2 Å². The van der Waals surface area contributed by atoms with Crippen LogP contribution in [0.4, 0.5) is 0 Å². The molecule has 0 aromatic rings. The molecule has 0 aromatic carbocycles. The molecule has 2 aliphatic heterocycles. The summed E-state index contributed by atoms with van der Waals surface area (Å²) in [5.74, 6) is 0.769. The van der Waals surface area contributed by atoms with E-state index in [1.54, 1.807) is 0 Å². The molecule has 0 spiro atoms. The van der Waals surface area contributed by atoms with E-state index in [1.807, 2.05) is 0 Å². The Morgan fingerprint density at radius 3 is 2.10 bits per heavy atom. The second-order valence-corrected chi connectivity index (χ2v) is 6.61. The molecule has 0 aliphatic carbocycles. The summed E-state index contributed by atoms with van der Waals surface area (Å²) in [4.78, 5) is 4.96. The van der Waals surface area contributed by atoms with Crippen LogP contribution in [0.3, 0.4) is 0 Å². The summed E-state index contributed by atoms with van der Waals surface area (Å²) in [6.45, 7) is 15.3. The molecule has 4 nitrogen and oxygen atoms in total. The number of piperidine rings is 1. The minimum absolute atomic E-state index is 0.450. The Balaban J connectivity index is 1.45. The average Bonchev–Trinajstić information content (AvgIpc) is 2.37. The van der Waals surface area contributed by atoms with Gasteiger partial charge in [0, 0.05) is 32.7 Å². The zero-order valence-corrected chi connectivity index (χ0v) is 13.5. The van der Waals surface area contributed by atoms with Gasteiger partial charge in [-0.05, 0) is 25.3 Å². The lowest BCUT2D eigenvalue weighted by Crippen LogP contribution is -2.52. The highest BCUT2D eigenvalue weighted by atomic mass is 16.5. The Morgan fingerprint density at radius 1 is 0.950 bits per heavy atom. The first-order chi connectivity index (χ1) is 9.67. The third-order valence-electron chi connectivity index (χ3n) is 4.32. The van der Waals surface area contributed by atoms with Crippen molar-refractivity contribution in [2.75, 3.05) is 52.5 Å². The molecule has 2 fully saturated rings. The summed E-state index contributed by atoms with van der Waals surface area (Å²) in [6.07, 6.45) is 3.27. The molecule has 0 bridgehead atoms. The van der Waals surface area contributed by atoms with E-state index in [0.717, 1.165) is 38.8 Å². The maximum atomic E-state index is 5.94. The van der Waals surface area contributed by atoms with E-state index >= 15 is 0 Å². The standard InChI is InChI=1S/C16H32N2O2/c1-4-17-12-16(13-17)20-10-9-19-15-5-7-18(8-6-15)11-14(2)3/h14-16H,4-13H2,1-3H3. The molecule has 0 amide bonds. The van der Waals surface area contributed by atoms with Crippen molar-refractivity contribution in [3.8, 4) is 0 Å². The molecule has 2 saturated heterocycles. The minimum Gasteiger partial charge on any atom is -0.376 e. The van der Waals surface area contributed by atoms with Crippen LogP contribution in [0.15, 0.2) is 0 Å². The Bertz CT molecular complexity index is 259. The quantitative estimate of drug-likeness (QED) is 0.635. The summed E-state index contributed by atoms with van der Waals surface area (Å²) < 4.78 is 11.7. The molecule has 0 atom stereocenters. The van der Waals surface area contributed by atoms with E-state index in [2.05, 4.69) is 30.6 Å². The SMILES string of the molecule is CCN1CC(OCCOC2CCN(CC(C)C)CC2)C1. The predicted octanol–water partition coefficient (Wildman–Crippen LogP) is 1.84. The van der Waals surface area contributed by atoms with E-state index in [4.69, 9.17) is 9.47 Å². The van der Waals surface area contributed by atoms with Crippen molar-refractivity contribution in [2.24, 2.45) is 5.92 Å². The van der Waals surface area contributed by atoms with Gasteiger partial charge in [-0.25, -0.2) is 0 Å². The van der Waals surface area contributed by atoms with E-state index in [-0.39, 0.29) is 0 Å².